The third-order valence-corrected chi connectivity index (χ3v) is 5.47. The van der Waals surface area contributed by atoms with Gasteiger partial charge in [-0.3, -0.25) is 10.1 Å². The lowest BCUT2D eigenvalue weighted by Gasteiger charge is -2.29. The zero-order chi connectivity index (χ0) is 13.7. The molecule has 0 radical (unpaired) electrons. The Labute approximate surface area is 121 Å². The Morgan fingerprint density at radius 2 is 2.00 bits per heavy atom. The topological polar surface area (TPSA) is 38.3 Å². The molecule has 3 nitrogen and oxygen atoms in total. The van der Waals surface area contributed by atoms with Gasteiger partial charge >= 0.3 is 5.97 Å². The van der Waals surface area contributed by atoms with E-state index in [4.69, 9.17) is 4.74 Å². The molecule has 19 heavy (non-hydrogen) atoms. The van der Waals surface area contributed by atoms with Crippen LogP contribution in [0.1, 0.15) is 58.8 Å². The maximum absolute atomic E-state index is 12.2. The van der Waals surface area contributed by atoms with Crippen LogP contribution >= 0.6 is 11.8 Å². The summed E-state index contributed by atoms with van der Waals surface area (Å²) >= 11 is 2.05. The van der Waals surface area contributed by atoms with Gasteiger partial charge < -0.3 is 4.74 Å². The van der Waals surface area contributed by atoms with E-state index in [9.17, 15) is 4.79 Å². The van der Waals surface area contributed by atoms with Crippen LogP contribution in [-0.4, -0.2) is 35.2 Å². The Morgan fingerprint density at radius 1 is 1.32 bits per heavy atom. The maximum atomic E-state index is 12.2. The largest absolute Gasteiger partial charge is 0.465 e. The lowest BCUT2D eigenvalue weighted by atomic mass is 9.99. The molecule has 0 heterocycles. The van der Waals surface area contributed by atoms with Gasteiger partial charge in [0, 0.05) is 11.3 Å². The molecule has 1 unspecified atom stereocenters. The monoisotopic (exact) mass is 285 g/mol. The molecule has 0 aromatic rings. The number of carbonyl (C=O) groups is 1. The van der Waals surface area contributed by atoms with Crippen molar-refractivity contribution in [3.63, 3.8) is 0 Å². The van der Waals surface area contributed by atoms with E-state index in [0.29, 0.717) is 12.6 Å². The molecule has 4 heteroatoms. The summed E-state index contributed by atoms with van der Waals surface area (Å²) in [5.74, 6) is 0.980. The van der Waals surface area contributed by atoms with E-state index >= 15 is 0 Å². The summed E-state index contributed by atoms with van der Waals surface area (Å²) < 4.78 is 5.25. The second kappa shape index (κ2) is 6.98. The highest BCUT2D eigenvalue weighted by Crippen LogP contribution is 2.32. The molecule has 0 aromatic heterocycles. The van der Waals surface area contributed by atoms with Crippen LogP contribution in [0.5, 0.6) is 0 Å². The third-order valence-electron chi connectivity index (χ3n) is 4.08. The number of carbonyl (C=O) groups excluding carboxylic acids is 1. The predicted octanol–water partition coefficient (Wildman–Crippen LogP) is 3.13. The summed E-state index contributed by atoms with van der Waals surface area (Å²) in [4.78, 5) is 12.2. The minimum atomic E-state index is -0.483. The van der Waals surface area contributed by atoms with Gasteiger partial charge in [0.2, 0.25) is 0 Å². The van der Waals surface area contributed by atoms with Gasteiger partial charge in [-0.15, -0.1) is 0 Å². The van der Waals surface area contributed by atoms with E-state index in [1.54, 1.807) is 0 Å². The first-order chi connectivity index (χ1) is 9.14. The molecule has 2 fully saturated rings. The molecule has 2 aliphatic carbocycles. The average Bonchev–Trinajstić information content (AvgIpc) is 3.03. The molecule has 0 spiro atoms. The number of thioether (sulfide) groups is 1. The van der Waals surface area contributed by atoms with Crippen LogP contribution in [0.2, 0.25) is 0 Å². The SMILES string of the molecule is CCOC(=O)C(C)(CCSC1CCCC1)NC1CC1. The van der Waals surface area contributed by atoms with Crippen molar-refractivity contribution >= 4 is 17.7 Å². The molecule has 2 rings (SSSR count). The van der Waals surface area contributed by atoms with Crippen molar-refractivity contribution in [1.82, 2.24) is 5.32 Å². The molecule has 0 aromatic carbocycles. The minimum Gasteiger partial charge on any atom is -0.465 e. The lowest BCUT2D eigenvalue weighted by molar-refractivity contribution is -0.150. The summed E-state index contributed by atoms with van der Waals surface area (Å²) in [5.41, 5.74) is -0.483. The number of rotatable bonds is 8. The zero-order valence-corrected chi connectivity index (χ0v) is 13.1. The van der Waals surface area contributed by atoms with Crippen molar-refractivity contribution in [2.45, 2.75) is 75.6 Å². The van der Waals surface area contributed by atoms with Gasteiger partial charge in [0.25, 0.3) is 0 Å². The van der Waals surface area contributed by atoms with Crippen LogP contribution in [0.3, 0.4) is 0 Å². The molecule has 0 aliphatic heterocycles. The first kappa shape index (κ1) is 15.2. The first-order valence-corrected chi connectivity index (χ1v) is 8.75. The summed E-state index contributed by atoms with van der Waals surface area (Å²) in [6, 6.07) is 0.533. The van der Waals surface area contributed by atoms with Crippen molar-refractivity contribution in [3.8, 4) is 0 Å². The van der Waals surface area contributed by atoms with Crippen LogP contribution in [0.25, 0.3) is 0 Å². The van der Waals surface area contributed by atoms with E-state index in [1.807, 2.05) is 25.6 Å². The Kier molecular flexibility index (Phi) is 5.58. The van der Waals surface area contributed by atoms with E-state index < -0.39 is 5.54 Å². The summed E-state index contributed by atoms with van der Waals surface area (Å²) in [7, 11) is 0. The molecule has 0 saturated heterocycles. The number of nitrogens with one attached hydrogen (secondary N) is 1. The average molecular weight is 285 g/mol. The van der Waals surface area contributed by atoms with Crippen molar-refractivity contribution in [3.05, 3.63) is 0 Å². The van der Waals surface area contributed by atoms with Gasteiger partial charge in [-0.2, -0.15) is 11.8 Å². The predicted molar refractivity (Wildman–Crippen MR) is 80.5 cm³/mol. The van der Waals surface area contributed by atoms with Crippen molar-refractivity contribution < 1.29 is 9.53 Å². The fourth-order valence-corrected chi connectivity index (χ4v) is 4.21. The molecule has 0 amide bonds. The highest BCUT2D eigenvalue weighted by atomic mass is 32.2. The van der Waals surface area contributed by atoms with Gasteiger partial charge in [0.1, 0.15) is 5.54 Å². The van der Waals surface area contributed by atoms with Crippen LogP contribution in [-0.2, 0) is 9.53 Å². The minimum absolute atomic E-state index is 0.0751. The summed E-state index contributed by atoms with van der Waals surface area (Å²) in [6.45, 7) is 4.36. The number of hydrogen-bond donors (Lipinski definition) is 1. The molecule has 1 atom stereocenters. The quantitative estimate of drug-likeness (QED) is 0.695. The van der Waals surface area contributed by atoms with Crippen LogP contribution in [0, 0.1) is 0 Å². The Bertz CT molecular complexity index is 301. The fourth-order valence-electron chi connectivity index (χ4n) is 2.69. The van der Waals surface area contributed by atoms with Gasteiger partial charge in [0.15, 0.2) is 0 Å². The van der Waals surface area contributed by atoms with Crippen LogP contribution in [0.15, 0.2) is 0 Å². The third kappa shape index (κ3) is 4.67. The molecule has 2 saturated carbocycles. The van der Waals surface area contributed by atoms with Crippen LogP contribution in [0.4, 0.5) is 0 Å². The molecular weight excluding hydrogens is 258 g/mol. The van der Waals surface area contributed by atoms with Crippen molar-refractivity contribution in [2.75, 3.05) is 12.4 Å². The van der Waals surface area contributed by atoms with E-state index in [0.717, 1.165) is 17.4 Å². The highest BCUT2D eigenvalue weighted by molar-refractivity contribution is 7.99. The Hall–Kier alpha value is -0.220. The number of ether oxygens (including phenoxy) is 1. The fraction of sp³-hybridized carbons (Fsp3) is 0.933. The van der Waals surface area contributed by atoms with E-state index in [1.165, 1.54) is 38.5 Å². The molecule has 1 N–H and O–H groups in total. The van der Waals surface area contributed by atoms with Gasteiger partial charge in [-0.1, -0.05) is 12.8 Å². The van der Waals surface area contributed by atoms with E-state index in [2.05, 4.69) is 5.32 Å². The number of hydrogen-bond acceptors (Lipinski definition) is 4. The highest BCUT2D eigenvalue weighted by Gasteiger charge is 2.39. The van der Waals surface area contributed by atoms with Gasteiger partial charge in [-0.25, -0.2) is 0 Å². The summed E-state index contributed by atoms with van der Waals surface area (Å²) in [5, 5.41) is 4.32. The maximum Gasteiger partial charge on any atom is 0.326 e. The van der Waals surface area contributed by atoms with Crippen molar-refractivity contribution in [2.24, 2.45) is 0 Å². The molecule has 0 bridgehead atoms. The second-order valence-corrected chi connectivity index (χ2v) is 7.41. The zero-order valence-electron chi connectivity index (χ0n) is 12.2. The first-order valence-electron chi connectivity index (χ1n) is 7.70. The van der Waals surface area contributed by atoms with Crippen molar-refractivity contribution in [1.29, 1.82) is 0 Å². The Balaban J connectivity index is 1.79. The summed E-state index contributed by atoms with van der Waals surface area (Å²) in [6.07, 6.45) is 8.76. The van der Waals surface area contributed by atoms with Gasteiger partial charge in [0.05, 0.1) is 6.61 Å². The normalized spacial score (nSPS) is 23.3. The van der Waals surface area contributed by atoms with Crippen LogP contribution < -0.4 is 5.32 Å². The number of esters is 1. The lowest BCUT2D eigenvalue weighted by Crippen LogP contribution is -2.52. The molecule has 110 valence electrons. The molecule has 2 aliphatic rings. The standard InChI is InChI=1S/C15H27NO2S/c1-3-18-14(17)15(2,16-12-8-9-12)10-11-19-13-6-4-5-7-13/h12-13,16H,3-11H2,1-2H3. The Morgan fingerprint density at radius 3 is 2.58 bits per heavy atom. The van der Waals surface area contributed by atoms with Gasteiger partial charge in [-0.05, 0) is 51.7 Å². The smallest absolute Gasteiger partial charge is 0.326 e. The second-order valence-electron chi connectivity index (χ2n) is 6.00. The molecular formula is C15H27NO2S. The van der Waals surface area contributed by atoms with E-state index in [-0.39, 0.29) is 5.97 Å².